The van der Waals surface area contributed by atoms with Gasteiger partial charge in [0.05, 0.1) is 0 Å². The van der Waals surface area contributed by atoms with E-state index in [0.717, 1.165) is 24.3 Å². The Bertz CT molecular complexity index is 939. The van der Waals surface area contributed by atoms with Crippen molar-refractivity contribution in [2.75, 3.05) is 28.6 Å². The number of amides is 1. The molecule has 1 amide bonds. The Morgan fingerprint density at radius 3 is 2.45 bits per heavy atom. The van der Waals surface area contributed by atoms with Crippen LogP contribution in [0, 0.1) is 0 Å². The second-order valence-electron chi connectivity index (χ2n) is 7.02. The third-order valence-electron chi connectivity index (χ3n) is 4.93. The van der Waals surface area contributed by atoms with E-state index in [1.807, 2.05) is 24.3 Å². The zero-order valence-corrected chi connectivity index (χ0v) is 16.2. The van der Waals surface area contributed by atoms with Crippen molar-refractivity contribution in [1.82, 2.24) is 15.0 Å². The van der Waals surface area contributed by atoms with E-state index in [9.17, 15) is 4.79 Å². The first-order chi connectivity index (χ1) is 14.3. The molecule has 0 aliphatic carbocycles. The van der Waals surface area contributed by atoms with Crippen molar-refractivity contribution in [2.24, 2.45) is 0 Å². The second-order valence-corrected chi connectivity index (χ2v) is 7.02. The number of hydrogen-bond donors (Lipinski definition) is 2. The van der Waals surface area contributed by atoms with Gasteiger partial charge >= 0.3 is 0 Å². The van der Waals surface area contributed by atoms with E-state index in [1.165, 1.54) is 24.9 Å². The summed E-state index contributed by atoms with van der Waals surface area (Å²) in [6, 6.07) is 13.4. The van der Waals surface area contributed by atoms with Gasteiger partial charge in [0.1, 0.15) is 5.69 Å². The molecule has 7 heteroatoms. The minimum Gasteiger partial charge on any atom is -0.372 e. The summed E-state index contributed by atoms with van der Waals surface area (Å²) in [6.07, 6.45) is 8.84. The van der Waals surface area contributed by atoms with Crippen LogP contribution in [0.5, 0.6) is 0 Å². The lowest BCUT2D eigenvalue weighted by Crippen LogP contribution is -2.29. The molecule has 1 saturated heterocycles. The highest BCUT2D eigenvalue weighted by Crippen LogP contribution is 2.22. The number of pyridine rings is 1. The summed E-state index contributed by atoms with van der Waals surface area (Å²) < 4.78 is 0. The lowest BCUT2D eigenvalue weighted by molar-refractivity contribution is 0.102. The van der Waals surface area contributed by atoms with Gasteiger partial charge in [-0.3, -0.25) is 9.78 Å². The van der Waals surface area contributed by atoms with Crippen molar-refractivity contribution >= 4 is 23.2 Å². The Balaban J connectivity index is 1.36. The van der Waals surface area contributed by atoms with Crippen molar-refractivity contribution in [3.63, 3.8) is 0 Å². The van der Waals surface area contributed by atoms with Crippen molar-refractivity contribution in [3.8, 4) is 0 Å². The third-order valence-corrected chi connectivity index (χ3v) is 4.93. The number of nitrogens with one attached hydrogen (secondary N) is 2. The van der Waals surface area contributed by atoms with Crippen molar-refractivity contribution in [2.45, 2.75) is 25.8 Å². The predicted octanol–water partition coefficient (Wildman–Crippen LogP) is 3.73. The monoisotopic (exact) mass is 388 g/mol. The first-order valence-electron chi connectivity index (χ1n) is 9.90. The van der Waals surface area contributed by atoms with Gasteiger partial charge in [-0.25, -0.2) is 9.97 Å². The molecule has 1 aliphatic heterocycles. The summed E-state index contributed by atoms with van der Waals surface area (Å²) in [5.41, 5.74) is 3.33. The second kappa shape index (κ2) is 9.14. The topological polar surface area (TPSA) is 83.0 Å². The zero-order chi connectivity index (χ0) is 19.9. The highest BCUT2D eigenvalue weighted by Gasteiger charge is 2.12. The summed E-state index contributed by atoms with van der Waals surface area (Å²) in [6.45, 7) is 2.76. The number of nitrogens with zero attached hydrogens (tertiary/aromatic N) is 4. The molecule has 1 aliphatic rings. The van der Waals surface area contributed by atoms with E-state index in [2.05, 4.69) is 42.6 Å². The van der Waals surface area contributed by atoms with Crippen LogP contribution in [0.15, 0.2) is 61.1 Å². The standard InChI is InChI=1S/C22H24N6O/c29-21(26-18-4-6-19(7-5-18)28-14-2-1-3-15-28)20-10-13-24-22(27-20)25-16-17-8-11-23-12-9-17/h4-13H,1-3,14-16H2,(H,26,29)(H,24,25,27). The molecule has 0 bridgehead atoms. The average Bonchev–Trinajstić information content (AvgIpc) is 2.80. The fraction of sp³-hybridized carbons (Fsp3) is 0.273. The van der Waals surface area contributed by atoms with Gasteiger partial charge in [0, 0.05) is 49.6 Å². The third kappa shape index (κ3) is 5.07. The summed E-state index contributed by atoms with van der Waals surface area (Å²) in [7, 11) is 0. The molecule has 0 saturated carbocycles. The lowest BCUT2D eigenvalue weighted by atomic mass is 10.1. The Kier molecular flexibility index (Phi) is 5.95. The largest absolute Gasteiger partial charge is 0.372 e. The minimum atomic E-state index is -0.259. The van der Waals surface area contributed by atoms with Crippen molar-refractivity contribution < 1.29 is 4.79 Å². The molecule has 0 radical (unpaired) electrons. The molecule has 1 fully saturated rings. The average molecular weight is 388 g/mol. The Morgan fingerprint density at radius 1 is 0.931 bits per heavy atom. The molecule has 0 atom stereocenters. The van der Waals surface area contributed by atoms with Crippen LogP contribution in [0.25, 0.3) is 0 Å². The summed E-state index contributed by atoms with van der Waals surface area (Å²) >= 11 is 0. The summed E-state index contributed by atoms with van der Waals surface area (Å²) in [5, 5.41) is 6.03. The normalized spacial score (nSPS) is 13.7. The van der Waals surface area contributed by atoms with Gasteiger partial charge in [0.15, 0.2) is 0 Å². The van der Waals surface area contributed by atoms with Gasteiger partial charge in [-0.1, -0.05) is 0 Å². The predicted molar refractivity (Wildman–Crippen MR) is 114 cm³/mol. The maximum Gasteiger partial charge on any atom is 0.274 e. The maximum atomic E-state index is 12.6. The molecule has 7 nitrogen and oxygen atoms in total. The highest BCUT2D eigenvalue weighted by molar-refractivity contribution is 6.03. The summed E-state index contributed by atoms with van der Waals surface area (Å²) in [5.74, 6) is 0.153. The van der Waals surface area contributed by atoms with Gasteiger partial charge in [0.2, 0.25) is 5.95 Å². The van der Waals surface area contributed by atoms with E-state index in [4.69, 9.17) is 0 Å². The molecule has 2 aromatic heterocycles. The molecular formula is C22H24N6O. The first-order valence-corrected chi connectivity index (χ1v) is 9.90. The Morgan fingerprint density at radius 2 is 1.69 bits per heavy atom. The fourth-order valence-corrected chi connectivity index (χ4v) is 3.35. The number of carbonyl (C=O) groups is 1. The number of carbonyl (C=O) groups excluding carboxylic acids is 1. The van der Waals surface area contributed by atoms with Gasteiger partial charge in [-0.15, -0.1) is 0 Å². The van der Waals surface area contributed by atoms with Gasteiger partial charge in [-0.2, -0.15) is 0 Å². The summed E-state index contributed by atoms with van der Waals surface area (Å²) in [4.78, 5) is 27.5. The van der Waals surface area contributed by atoms with Gasteiger partial charge in [0.25, 0.3) is 5.91 Å². The van der Waals surface area contributed by atoms with Gasteiger partial charge < -0.3 is 15.5 Å². The lowest BCUT2D eigenvalue weighted by Gasteiger charge is -2.28. The van der Waals surface area contributed by atoms with Crippen LogP contribution in [0.1, 0.15) is 35.3 Å². The van der Waals surface area contributed by atoms with E-state index >= 15 is 0 Å². The van der Waals surface area contributed by atoms with E-state index < -0.39 is 0 Å². The van der Waals surface area contributed by atoms with Crippen LogP contribution < -0.4 is 15.5 Å². The quantitative estimate of drug-likeness (QED) is 0.670. The molecule has 148 valence electrons. The highest BCUT2D eigenvalue weighted by atomic mass is 16.1. The number of benzene rings is 1. The fourth-order valence-electron chi connectivity index (χ4n) is 3.35. The minimum absolute atomic E-state index is 0.259. The zero-order valence-electron chi connectivity index (χ0n) is 16.2. The van der Waals surface area contributed by atoms with Crippen LogP contribution in [0.2, 0.25) is 0 Å². The molecule has 4 rings (SSSR count). The first kappa shape index (κ1) is 18.9. The molecular weight excluding hydrogens is 364 g/mol. The van der Waals surface area contributed by atoms with E-state index in [-0.39, 0.29) is 5.91 Å². The maximum absolute atomic E-state index is 12.6. The van der Waals surface area contributed by atoms with E-state index in [1.54, 1.807) is 24.7 Å². The van der Waals surface area contributed by atoms with Crippen molar-refractivity contribution in [3.05, 3.63) is 72.3 Å². The van der Waals surface area contributed by atoms with Crippen LogP contribution in [-0.2, 0) is 6.54 Å². The van der Waals surface area contributed by atoms with Crippen molar-refractivity contribution in [1.29, 1.82) is 0 Å². The Labute approximate surface area is 170 Å². The molecule has 3 heterocycles. The molecule has 0 unspecified atom stereocenters. The molecule has 2 N–H and O–H groups in total. The van der Waals surface area contributed by atoms with Crippen LogP contribution >= 0.6 is 0 Å². The number of aromatic nitrogens is 3. The van der Waals surface area contributed by atoms with Crippen LogP contribution in [0.3, 0.4) is 0 Å². The Hall–Kier alpha value is -3.48. The number of anilines is 3. The smallest absolute Gasteiger partial charge is 0.274 e. The van der Waals surface area contributed by atoms with Crippen LogP contribution in [-0.4, -0.2) is 33.9 Å². The SMILES string of the molecule is O=C(Nc1ccc(N2CCCCC2)cc1)c1ccnc(NCc2ccncc2)n1. The molecule has 1 aromatic carbocycles. The number of piperidine rings is 1. The molecule has 29 heavy (non-hydrogen) atoms. The van der Waals surface area contributed by atoms with Crippen LogP contribution in [0.4, 0.5) is 17.3 Å². The molecule has 0 spiro atoms. The van der Waals surface area contributed by atoms with Gasteiger partial charge in [-0.05, 0) is 67.3 Å². The molecule has 3 aromatic rings. The number of rotatable bonds is 6. The number of hydrogen-bond acceptors (Lipinski definition) is 6. The van der Waals surface area contributed by atoms with E-state index in [0.29, 0.717) is 18.2 Å².